The summed E-state index contributed by atoms with van der Waals surface area (Å²) in [5.41, 5.74) is 1.73. The second-order valence-electron chi connectivity index (χ2n) is 7.20. The first-order chi connectivity index (χ1) is 15.3. The molecule has 7 nitrogen and oxygen atoms in total. The number of carbonyl (C=O) groups is 1. The zero-order chi connectivity index (χ0) is 23.1. The van der Waals surface area contributed by atoms with Crippen LogP contribution < -0.4 is 14.2 Å². The van der Waals surface area contributed by atoms with Gasteiger partial charge in [-0.1, -0.05) is 18.2 Å². The molecule has 0 aliphatic heterocycles. The molecule has 3 rings (SSSR count). The Labute approximate surface area is 188 Å². The molecule has 0 aromatic heterocycles. The van der Waals surface area contributed by atoms with E-state index in [1.807, 2.05) is 19.1 Å². The third-order valence-electron chi connectivity index (χ3n) is 4.90. The van der Waals surface area contributed by atoms with Crippen molar-refractivity contribution in [1.82, 2.24) is 4.90 Å². The van der Waals surface area contributed by atoms with E-state index in [9.17, 15) is 13.2 Å². The molecule has 0 aliphatic rings. The summed E-state index contributed by atoms with van der Waals surface area (Å²) in [6.45, 7) is 2.52. The van der Waals surface area contributed by atoms with Crippen LogP contribution in [0.15, 0.2) is 77.7 Å². The first-order valence-corrected chi connectivity index (χ1v) is 11.5. The number of sulfonamides is 1. The van der Waals surface area contributed by atoms with Crippen LogP contribution in [0.2, 0.25) is 0 Å². The van der Waals surface area contributed by atoms with Crippen molar-refractivity contribution in [3.05, 3.63) is 83.9 Å². The number of rotatable bonds is 9. The van der Waals surface area contributed by atoms with Crippen LogP contribution in [0.4, 0.5) is 5.69 Å². The highest BCUT2D eigenvalue weighted by atomic mass is 32.2. The van der Waals surface area contributed by atoms with Gasteiger partial charge in [0.25, 0.3) is 15.9 Å². The third kappa shape index (κ3) is 5.79. The SMILES string of the molecule is COc1ccc(OCCN(C)C(=O)c2ccc(S(=O)(=O)Nc3ccccc3C)cc2)cc1. The fraction of sp³-hybridized carbons (Fsp3) is 0.208. The quantitative estimate of drug-likeness (QED) is 0.529. The van der Waals surface area contributed by atoms with E-state index in [1.165, 1.54) is 29.2 Å². The van der Waals surface area contributed by atoms with Gasteiger partial charge in [-0.3, -0.25) is 9.52 Å². The molecule has 0 aliphatic carbocycles. The van der Waals surface area contributed by atoms with Crippen molar-refractivity contribution >= 4 is 21.6 Å². The van der Waals surface area contributed by atoms with E-state index < -0.39 is 10.0 Å². The van der Waals surface area contributed by atoms with Crippen molar-refractivity contribution in [3.8, 4) is 11.5 Å². The number of hydrogen-bond donors (Lipinski definition) is 1. The van der Waals surface area contributed by atoms with E-state index in [1.54, 1.807) is 50.6 Å². The third-order valence-corrected chi connectivity index (χ3v) is 6.28. The second-order valence-corrected chi connectivity index (χ2v) is 8.88. The Bertz CT molecular complexity index is 1160. The number of carbonyl (C=O) groups excluding carboxylic acids is 1. The van der Waals surface area contributed by atoms with Gasteiger partial charge < -0.3 is 14.4 Å². The summed E-state index contributed by atoms with van der Waals surface area (Å²) in [6, 6.07) is 20.2. The number of benzene rings is 3. The molecule has 0 saturated heterocycles. The smallest absolute Gasteiger partial charge is 0.261 e. The summed E-state index contributed by atoms with van der Waals surface area (Å²) in [4.78, 5) is 14.3. The number of anilines is 1. The van der Waals surface area contributed by atoms with Crippen molar-refractivity contribution in [2.75, 3.05) is 32.0 Å². The Morgan fingerprint density at radius 1 is 0.938 bits per heavy atom. The van der Waals surface area contributed by atoms with Crippen LogP contribution in [0.5, 0.6) is 11.5 Å². The average Bonchev–Trinajstić information content (AvgIpc) is 2.80. The molecule has 0 bridgehead atoms. The minimum atomic E-state index is -3.75. The summed E-state index contributed by atoms with van der Waals surface area (Å²) < 4.78 is 38.6. The van der Waals surface area contributed by atoms with Crippen LogP contribution in [-0.2, 0) is 10.0 Å². The standard InChI is InChI=1S/C24H26N2O5S/c1-18-6-4-5-7-23(18)25-32(28,29)22-14-8-19(9-15-22)24(27)26(2)16-17-31-21-12-10-20(30-3)11-13-21/h4-15,25H,16-17H2,1-3H3. The molecule has 0 radical (unpaired) electrons. The van der Waals surface area contributed by atoms with E-state index >= 15 is 0 Å². The monoisotopic (exact) mass is 454 g/mol. The average molecular weight is 455 g/mol. The van der Waals surface area contributed by atoms with Crippen LogP contribution in [0.3, 0.4) is 0 Å². The summed E-state index contributed by atoms with van der Waals surface area (Å²) in [6.07, 6.45) is 0. The van der Waals surface area contributed by atoms with E-state index in [4.69, 9.17) is 9.47 Å². The molecular weight excluding hydrogens is 428 g/mol. The fourth-order valence-corrected chi connectivity index (χ4v) is 4.09. The van der Waals surface area contributed by atoms with Crippen molar-refractivity contribution in [2.24, 2.45) is 0 Å². The molecule has 0 heterocycles. The maximum atomic E-state index is 12.7. The highest BCUT2D eigenvalue weighted by molar-refractivity contribution is 7.92. The molecule has 1 N–H and O–H groups in total. The summed E-state index contributed by atoms with van der Waals surface area (Å²) in [5, 5.41) is 0. The number of para-hydroxylation sites is 1. The van der Waals surface area contributed by atoms with Crippen LogP contribution in [-0.4, -0.2) is 46.5 Å². The maximum Gasteiger partial charge on any atom is 0.261 e. The van der Waals surface area contributed by atoms with Gasteiger partial charge in [-0.05, 0) is 67.1 Å². The highest BCUT2D eigenvalue weighted by Gasteiger charge is 2.17. The number of hydrogen-bond acceptors (Lipinski definition) is 5. The number of methoxy groups -OCH3 is 1. The Balaban J connectivity index is 1.58. The second kappa shape index (κ2) is 10.2. The lowest BCUT2D eigenvalue weighted by Crippen LogP contribution is -2.30. The van der Waals surface area contributed by atoms with Crippen molar-refractivity contribution in [3.63, 3.8) is 0 Å². The maximum absolute atomic E-state index is 12.7. The van der Waals surface area contributed by atoms with Gasteiger partial charge in [-0.25, -0.2) is 8.42 Å². The number of aryl methyl sites for hydroxylation is 1. The molecule has 0 spiro atoms. The fourth-order valence-electron chi connectivity index (χ4n) is 2.96. The lowest BCUT2D eigenvalue weighted by atomic mass is 10.2. The minimum Gasteiger partial charge on any atom is -0.497 e. The number of likely N-dealkylation sites (N-methyl/N-ethyl adjacent to an activating group) is 1. The van der Waals surface area contributed by atoms with E-state index in [2.05, 4.69) is 4.72 Å². The van der Waals surface area contributed by atoms with Gasteiger partial charge in [0, 0.05) is 12.6 Å². The van der Waals surface area contributed by atoms with Gasteiger partial charge in [0.2, 0.25) is 0 Å². The van der Waals surface area contributed by atoms with Gasteiger partial charge in [-0.2, -0.15) is 0 Å². The molecule has 0 atom stereocenters. The van der Waals surface area contributed by atoms with Crippen LogP contribution in [0.25, 0.3) is 0 Å². The zero-order valence-electron chi connectivity index (χ0n) is 18.2. The van der Waals surface area contributed by atoms with Crippen molar-refractivity contribution in [1.29, 1.82) is 0 Å². The molecule has 0 fully saturated rings. The number of nitrogens with one attached hydrogen (secondary N) is 1. The van der Waals surface area contributed by atoms with E-state index in [0.29, 0.717) is 30.2 Å². The Hall–Kier alpha value is -3.52. The van der Waals surface area contributed by atoms with E-state index in [0.717, 1.165) is 11.3 Å². The normalized spacial score (nSPS) is 11.0. The topological polar surface area (TPSA) is 84.9 Å². The van der Waals surface area contributed by atoms with Gasteiger partial charge in [0.1, 0.15) is 18.1 Å². The summed E-state index contributed by atoms with van der Waals surface area (Å²) in [7, 11) is -0.485. The molecule has 168 valence electrons. The van der Waals surface area contributed by atoms with Gasteiger partial charge >= 0.3 is 0 Å². The minimum absolute atomic E-state index is 0.0859. The van der Waals surface area contributed by atoms with Crippen LogP contribution >= 0.6 is 0 Å². The summed E-state index contributed by atoms with van der Waals surface area (Å²) >= 11 is 0. The largest absolute Gasteiger partial charge is 0.497 e. The Morgan fingerprint density at radius 3 is 2.19 bits per heavy atom. The Kier molecular flexibility index (Phi) is 7.37. The molecule has 0 saturated carbocycles. The summed E-state index contributed by atoms with van der Waals surface area (Å²) in [5.74, 6) is 1.20. The number of nitrogens with zero attached hydrogens (tertiary/aromatic N) is 1. The number of amides is 1. The first kappa shape index (κ1) is 23.1. The lowest BCUT2D eigenvalue weighted by Gasteiger charge is -2.18. The zero-order valence-corrected chi connectivity index (χ0v) is 19.1. The molecule has 8 heteroatoms. The van der Waals surface area contributed by atoms with Gasteiger partial charge in [0.15, 0.2) is 0 Å². The van der Waals surface area contributed by atoms with Crippen LogP contribution in [0, 0.1) is 6.92 Å². The molecule has 0 unspecified atom stereocenters. The molecular formula is C24H26N2O5S. The molecule has 1 amide bonds. The molecule has 3 aromatic rings. The van der Waals surface area contributed by atoms with E-state index in [-0.39, 0.29) is 10.8 Å². The van der Waals surface area contributed by atoms with Crippen molar-refractivity contribution < 1.29 is 22.7 Å². The first-order valence-electron chi connectivity index (χ1n) is 10.0. The molecule has 3 aromatic carbocycles. The highest BCUT2D eigenvalue weighted by Crippen LogP contribution is 2.20. The predicted octanol–water partition coefficient (Wildman–Crippen LogP) is 3.96. The van der Waals surface area contributed by atoms with Gasteiger partial charge in [-0.15, -0.1) is 0 Å². The number of ether oxygens (including phenoxy) is 2. The predicted molar refractivity (Wildman–Crippen MR) is 124 cm³/mol. The lowest BCUT2D eigenvalue weighted by molar-refractivity contribution is 0.0773. The van der Waals surface area contributed by atoms with Crippen molar-refractivity contribution in [2.45, 2.75) is 11.8 Å². The van der Waals surface area contributed by atoms with Crippen LogP contribution in [0.1, 0.15) is 15.9 Å². The van der Waals surface area contributed by atoms with Gasteiger partial charge in [0.05, 0.1) is 24.2 Å². The Morgan fingerprint density at radius 2 is 1.56 bits per heavy atom. The molecule has 32 heavy (non-hydrogen) atoms.